The van der Waals surface area contributed by atoms with E-state index >= 15 is 0 Å². The molecule has 0 heterocycles. The van der Waals surface area contributed by atoms with Crippen LogP contribution in [0.2, 0.25) is 0 Å². The van der Waals surface area contributed by atoms with E-state index in [-0.39, 0.29) is 12.8 Å². The Bertz CT molecular complexity index is 458. The molecule has 1 aromatic carbocycles. The van der Waals surface area contributed by atoms with Crippen LogP contribution in [0.3, 0.4) is 0 Å². The number of hydrogen-bond acceptors (Lipinski definition) is 4. The average Bonchev–Trinajstić information content (AvgIpc) is 2.51. The second-order valence-corrected chi connectivity index (χ2v) is 4.32. The molecule has 0 fully saturated rings. The number of ether oxygens (including phenoxy) is 1. The Morgan fingerprint density at radius 1 is 1.25 bits per heavy atom. The van der Waals surface area contributed by atoms with Crippen molar-refractivity contribution in [3.8, 4) is 0 Å². The van der Waals surface area contributed by atoms with Crippen molar-refractivity contribution in [2.75, 3.05) is 12.1 Å². The van der Waals surface area contributed by atoms with Crippen molar-refractivity contribution in [3.63, 3.8) is 0 Å². The van der Waals surface area contributed by atoms with Gasteiger partial charge in [0.1, 0.15) is 5.60 Å². The third-order valence-corrected chi connectivity index (χ3v) is 3.18. The van der Waals surface area contributed by atoms with Gasteiger partial charge < -0.3 is 9.84 Å². The predicted octanol–water partition coefficient (Wildman–Crippen LogP) is 1.84. The highest BCUT2D eigenvalue weighted by Crippen LogP contribution is 2.17. The molecule has 0 saturated heterocycles. The molecule has 0 atom stereocenters. The molecule has 1 rings (SSSR count). The van der Waals surface area contributed by atoms with Gasteiger partial charge in [0.05, 0.1) is 12.8 Å². The summed E-state index contributed by atoms with van der Waals surface area (Å²) in [5, 5.41) is 11.1. The molecule has 0 unspecified atom stereocenters. The highest BCUT2D eigenvalue weighted by molar-refractivity contribution is 5.94. The summed E-state index contributed by atoms with van der Waals surface area (Å²) in [6.45, 7) is 3.40. The minimum Gasteiger partial charge on any atom is -0.451 e. The van der Waals surface area contributed by atoms with Crippen LogP contribution >= 0.6 is 0 Å². The molecule has 110 valence electrons. The number of methoxy groups -OCH3 is 1. The monoisotopic (exact) mass is 280 g/mol. The smallest absolute Gasteiger partial charge is 0.433 e. The van der Waals surface area contributed by atoms with Crippen molar-refractivity contribution < 1.29 is 19.4 Å². The lowest BCUT2D eigenvalue weighted by Gasteiger charge is -2.28. The van der Waals surface area contributed by atoms with E-state index in [9.17, 15) is 14.7 Å². The van der Waals surface area contributed by atoms with Crippen molar-refractivity contribution in [2.45, 2.75) is 32.3 Å². The van der Waals surface area contributed by atoms with Crippen molar-refractivity contribution >= 4 is 17.7 Å². The highest BCUT2D eigenvalue weighted by atomic mass is 16.5. The average molecular weight is 280 g/mol. The Balaban J connectivity index is 2.98. The molecule has 20 heavy (non-hydrogen) atoms. The van der Waals surface area contributed by atoms with E-state index in [1.165, 1.54) is 7.11 Å². The van der Waals surface area contributed by atoms with Gasteiger partial charge in [0.2, 0.25) is 0 Å². The Morgan fingerprint density at radius 2 is 1.80 bits per heavy atom. The molecule has 1 aromatic rings. The van der Waals surface area contributed by atoms with Crippen LogP contribution in [0, 0.1) is 0 Å². The molecular weight excluding hydrogens is 260 g/mol. The molecule has 0 saturated carbocycles. The Labute approximate surface area is 118 Å². The Hall–Kier alpha value is -2.08. The van der Waals surface area contributed by atoms with Gasteiger partial charge in [0, 0.05) is 0 Å². The van der Waals surface area contributed by atoms with Crippen molar-refractivity contribution in [1.82, 2.24) is 5.43 Å². The maximum Gasteiger partial charge on any atom is 0.433 e. The zero-order valence-corrected chi connectivity index (χ0v) is 11.9. The largest absolute Gasteiger partial charge is 0.451 e. The molecule has 0 radical (unpaired) electrons. The van der Waals surface area contributed by atoms with Gasteiger partial charge in [-0.1, -0.05) is 32.0 Å². The van der Waals surface area contributed by atoms with E-state index in [1.807, 2.05) is 0 Å². The van der Waals surface area contributed by atoms with Crippen molar-refractivity contribution in [2.24, 2.45) is 0 Å². The summed E-state index contributed by atoms with van der Waals surface area (Å²) in [5.41, 5.74) is 1.33. The molecular formula is C14H20N2O4. The molecule has 6 nitrogen and oxygen atoms in total. The van der Waals surface area contributed by atoms with Gasteiger partial charge in [-0.25, -0.2) is 4.79 Å². The third kappa shape index (κ3) is 3.48. The summed E-state index contributed by atoms with van der Waals surface area (Å²) >= 11 is 0. The fourth-order valence-corrected chi connectivity index (χ4v) is 1.66. The number of carbonyl (C=O) groups excluding carboxylic acids is 2. The standard InChI is InChI=1S/C14H20N2O4/c1-4-14(19,5-2)12(17)15-16(13(18)20-3)11-9-7-6-8-10-11/h6-10,19H,4-5H2,1-3H3,(H,15,17). The number of anilines is 1. The third-order valence-electron chi connectivity index (χ3n) is 3.18. The zero-order chi connectivity index (χ0) is 15.2. The molecule has 6 heteroatoms. The lowest BCUT2D eigenvalue weighted by atomic mass is 9.97. The van der Waals surface area contributed by atoms with Crippen LogP contribution in [0.5, 0.6) is 0 Å². The number of benzene rings is 1. The molecule has 0 bridgehead atoms. The molecule has 0 aromatic heterocycles. The lowest BCUT2D eigenvalue weighted by Crippen LogP contribution is -2.55. The molecule has 2 amide bonds. The SMILES string of the molecule is CCC(O)(CC)C(=O)NN(C(=O)OC)c1ccccc1. The van der Waals surface area contributed by atoms with Crippen molar-refractivity contribution in [3.05, 3.63) is 30.3 Å². The van der Waals surface area contributed by atoms with Gasteiger partial charge >= 0.3 is 6.09 Å². The summed E-state index contributed by atoms with van der Waals surface area (Å²) in [6.07, 6.45) is -0.239. The van der Waals surface area contributed by atoms with Gasteiger partial charge in [-0.2, -0.15) is 5.01 Å². The van der Waals surface area contributed by atoms with E-state index < -0.39 is 17.6 Å². The summed E-state index contributed by atoms with van der Waals surface area (Å²) in [5.74, 6) is -0.642. The van der Waals surface area contributed by atoms with Gasteiger partial charge in [0.15, 0.2) is 0 Å². The maximum atomic E-state index is 12.1. The first-order valence-electron chi connectivity index (χ1n) is 6.45. The fraction of sp³-hybridized carbons (Fsp3) is 0.429. The lowest BCUT2D eigenvalue weighted by molar-refractivity contribution is -0.140. The van der Waals surface area contributed by atoms with E-state index in [2.05, 4.69) is 10.2 Å². The second-order valence-electron chi connectivity index (χ2n) is 4.32. The molecule has 0 spiro atoms. The number of hydrogen-bond donors (Lipinski definition) is 2. The minimum atomic E-state index is -1.51. The second kappa shape index (κ2) is 6.91. The number of rotatable bonds is 4. The topological polar surface area (TPSA) is 78.9 Å². The van der Waals surface area contributed by atoms with Crippen LogP contribution in [0.4, 0.5) is 10.5 Å². The first-order chi connectivity index (χ1) is 9.48. The molecule has 0 aliphatic heterocycles. The van der Waals surface area contributed by atoms with Crippen LogP contribution in [0.25, 0.3) is 0 Å². The molecule has 2 N–H and O–H groups in total. The zero-order valence-electron chi connectivity index (χ0n) is 11.9. The number of hydrazine groups is 1. The number of para-hydroxylation sites is 1. The number of nitrogens with zero attached hydrogens (tertiary/aromatic N) is 1. The van der Waals surface area contributed by atoms with E-state index in [0.29, 0.717) is 5.69 Å². The van der Waals surface area contributed by atoms with Gasteiger partial charge in [-0.15, -0.1) is 0 Å². The quantitative estimate of drug-likeness (QED) is 0.825. The summed E-state index contributed by atoms with van der Waals surface area (Å²) in [6, 6.07) is 8.53. The summed E-state index contributed by atoms with van der Waals surface area (Å²) < 4.78 is 4.64. The van der Waals surface area contributed by atoms with Crippen molar-refractivity contribution in [1.29, 1.82) is 0 Å². The van der Waals surface area contributed by atoms with Crippen LogP contribution in [-0.4, -0.2) is 29.8 Å². The van der Waals surface area contributed by atoms with Crippen LogP contribution in [0.15, 0.2) is 30.3 Å². The van der Waals surface area contributed by atoms with Crippen LogP contribution < -0.4 is 10.4 Å². The minimum absolute atomic E-state index is 0.249. The van der Waals surface area contributed by atoms with E-state index in [0.717, 1.165) is 5.01 Å². The van der Waals surface area contributed by atoms with Gasteiger partial charge in [0.25, 0.3) is 5.91 Å². The van der Waals surface area contributed by atoms with Crippen LogP contribution in [0.1, 0.15) is 26.7 Å². The first kappa shape index (κ1) is 16.0. The normalized spacial score (nSPS) is 10.8. The number of aliphatic hydroxyl groups is 1. The van der Waals surface area contributed by atoms with E-state index in [4.69, 9.17) is 0 Å². The Morgan fingerprint density at radius 3 is 2.25 bits per heavy atom. The molecule has 0 aliphatic rings. The van der Waals surface area contributed by atoms with Crippen LogP contribution in [-0.2, 0) is 9.53 Å². The predicted molar refractivity (Wildman–Crippen MR) is 75.0 cm³/mol. The Kier molecular flexibility index (Phi) is 5.52. The number of nitrogens with one attached hydrogen (secondary N) is 1. The summed E-state index contributed by atoms with van der Waals surface area (Å²) in [7, 11) is 1.22. The fourth-order valence-electron chi connectivity index (χ4n) is 1.66. The maximum absolute atomic E-state index is 12.1. The highest BCUT2D eigenvalue weighted by Gasteiger charge is 2.34. The van der Waals surface area contributed by atoms with E-state index in [1.54, 1.807) is 44.2 Å². The number of amides is 2. The summed E-state index contributed by atoms with van der Waals surface area (Å²) in [4.78, 5) is 23.9. The first-order valence-corrected chi connectivity index (χ1v) is 6.45. The van der Waals surface area contributed by atoms with Gasteiger partial charge in [-0.05, 0) is 25.0 Å². The molecule has 0 aliphatic carbocycles. The van der Waals surface area contributed by atoms with Gasteiger partial charge in [-0.3, -0.25) is 10.2 Å². The number of carbonyl (C=O) groups is 2.